The van der Waals surface area contributed by atoms with Gasteiger partial charge in [0.1, 0.15) is 5.60 Å². The maximum absolute atomic E-state index is 11.7. The highest BCUT2D eigenvalue weighted by Crippen LogP contribution is 2.17. The molecule has 1 heterocycles. The van der Waals surface area contributed by atoms with E-state index < -0.39 is 11.7 Å². The van der Waals surface area contributed by atoms with Gasteiger partial charge in [0.15, 0.2) is 0 Å². The van der Waals surface area contributed by atoms with Crippen molar-refractivity contribution < 1.29 is 14.6 Å². The van der Waals surface area contributed by atoms with Gasteiger partial charge in [-0.1, -0.05) is 6.07 Å². The maximum Gasteiger partial charge on any atom is 0.410 e. The number of hydrogen-bond acceptors (Lipinski definition) is 4. The molecule has 1 amide bonds. The van der Waals surface area contributed by atoms with E-state index in [-0.39, 0.29) is 6.09 Å². The lowest BCUT2D eigenvalue weighted by molar-refractivity contribution is 0.0289. The highest BCUT2D eigenvalue weighted by Gasteiger charge is 2.19. The van der Waals surface area contributed by atoms with Crippen molar-refractivity contribution in [3.63, 3.8) is 0 Å². The van der Waals surface area contributed by atoms with E-state index in [1.54, 1.807) is 25.5 Å². The summed E-state index contributed by atoms with van der Waals surface area (Å²) in [5, 5.41) is 9.98. The summed E-state index contributed by atoms with van der Waals surface area (Å²) in [6.07, 6.45) is 3.73. The van der Waals surface area contributed by atoms with E-state index >= 15 is 0 Å². The molecule has 0 aliphatic rings. The monoisotopic (exact) mass is 280 g/mol. The molecule has 1 aromatic rings. The smallest absolute Gasteiger partial charge is 0.410 e. The highest BCUT2D eigenvalue weighted by atomic mass is 16.6. The second-order valence-electron chi connectivity index (χ2n) is 5.85. The van der Waals surface area contributed by atoms with Gasteiger partial charge in [-0.2, -0.15) is 0 Å². The average Bonchev–Trinajstić information content (AvgIpc) is 2.37. The summed E-state index contributed by atoms with van der Waals surface area (Å²) in [4.78, 5) is 17.2. The van der Waals surface area contributed by atoms with Crippen molar-refractivity contribution in [3.05, 3.63) is 30.1 Å². The van der Waals surface area contributed by atoms with E-state index in [0.717, 1.165) is 5.56 Å². The standard InChI is InChI=1S/C15H24N2O3/c1-15(2,3)20-14(19)17(4)10-6-8-13(18)12-7-5-9-16-11-12/h5,7,9,11,13,18H,6,8,10H2,1-4H3/t13-/m0/s1. The first-order valence-corrected chi connectivity index (χ1v) is 6.81. The molecule has 0 saturated heterocycles. The fourth-order valence-electron chi connectivity index (χ4n) is 1.69. The molecule has 0 aliphatic heterocycles. The zero-order valence-electron chi connectivity index (χ0n) is 12.7. The summed E-state index contributed by atoms with van der Waals surface area (Å²) in [7, 11) is 1.70. The van der Waals surface area contributed by atoms with Gasteiger partial charge in [-0.15, -0.1) is 0 Å². The second kappa shape index (κ2) is 7.24. The van der Waals surface area contributed by atoms with Gasteiger partial charge >= 0.3 is 6.09 Å². The van der Waals surface area contributed by atoms with Crippen LogP contribution in [0.15, 0.2) is 24.5 Å². The number of nitrogens with zero attached hydrogens (tertiary/aromatic N) is 2. The number of amides is 1. The fourth-order valence-corrected chi connectivity index (χ4v) is 1.69. The lowest BCUT2D eigenvalue weighted by Gasteiger charge is -2.24. The van der Waals surface area contributed by atoms with E-state index in [2.05, 4.69) is 4.98 Å². The minimum absolute atomic E-state index is 0.339. The van der Waals surface area contributed by atoms with Crippen LogP contribution in [0, 0.1) is 0 Å². The normalized spacial score (nSPS) is 12.8. The van der Waals surface area contributed by atoms with Gasteiger partial charge in [0.05, 0.1) is 6.10 Å². The fraction of sp³-hybridized carbons (Fsp3) is 0.600. The molecule has 0 bridgehead atoms. The number of rotatable bonds is 5. The summed E-state index contributed by atoms with van der Waals surface area (Å²) in [5.74, 6) is 0. The predicted octanol–water partition coefficient (Wildman–Crippen LogP) is 2.76. The van der Waals surface area contributed by atoms with Crippen molar-refractivity contribution in [1.82, 2.24) is 9.88 Å². The van der Waals surface area contributed by atoms with Gasteiger partial charge in [0.25, 0.3) is 0 Å². The molecule has 1 rings (SSSR count). The van der Waals surface area contributed by atoms with Crippen LogP contribution >= 0.6 is 0 Å². The van der Waals surface area contributed by atoms with Crippen molar-refractivity contribution >= 4 is 6.09 Å². The molecule has 0 unspecified atom stereocenters. The summed E-state index contributed by atoms with van der Waals surface area (Å²) in [6.45, 7) is 6.06. The minimum atomic E-state index is -0.546. The number of ether oxygens (including phenoxy) is 1. The van der Waals surface area contributed by atoms with Crippen LogP contribution < -0.4 is 0 Å². The molecular formula is C15H24N2O3. The molecule has 5 nitrogen and oxygen atoms in total. The number of aliphatic hydroxyl groups excluding tert-OH is 1. The quantitative estimate of drug-likeness (QED) is 0.901. The van der Waals surface area contributed by atoms with Crippen LogP contribution in [-0.4, -0.2) is 40.3 Å². The van der Waals surface area contributed by atoms with E-state index in [9.17, 15) is 9.90 Å². The van der Waals surface area contributed by atoms with E-state index in [1.165, 1.54) is 4.90 Å². The van der Waals surface area contributed by atoms with Crippen molar-refractivity contribution in [2.45, 2.75) is 45.3 Å². The first-order valence-electron chi connectivity index (χ1n) is 6.81. The van der Waals surface area contributed by atoms with E-state index in [4.69, 9.17) is 4.74 Å². The van der Waals surface area contributed by atoms with Crippen LogP contribution in [0.4, 0.5) is 4.79 Å². The number of carbonyl (C=O) groups excluding carboxylic acids is 1. The molecule has 1 aromatic heterocycles. The third kappa shape index (κ3) is 6.02. The molecule has 0 aromatic carbocycles. The Kier molecular flexibility index (Phi) is 5.95. The first-order chi connectivity index (χ1) is 9.29. The van der Waals surface area contributed by atoms with Gasteiger partial charge in [0, 0.05) is 26.0 Å². The van der Waals surface area contributed by atoms with Gasteiger partial charge in [0.2, 0.25) is 0 Å². The largest absolute Gasteiger partial charge is 0.444 e. The van der Waals surface area contributed by atoms with Crippen LogP contribution in [0.25, 0.3) is 0 Å². The van der Waals surface area contributed by atoms with Crippen LogP contribution in [0.1, 0.15) is 45.3 Å². The molecule has 0 fully saturated rings. The van der Waals surface area contributed by atoms with Crippen molar-refractivity contribution in [2.75, 3.05) is 13.6 Å². The Bertz CT molecular complexity index is 415. The van der Waals surface area contributed by atoms with Gasteiger partial charge in [-0.3, -0.25) is 4.98 Å². The number of aliphatic hydroxyl groups is 1. The number of pyridine rings is 1. The molecule has 20 heavy (non-hydrogen) atoms. The SMILES string of the molecule is CN(CCC[C@H](O)c1cccnc1)C(=O)OC(C)(C)C. The Balaban J connectivity index is 2.32. The number of aromatic nitrogens is 1. The highest BCUT2D eigenvalue weighted by molar-refractivity contribution is 5.67. The molecule has 5 heteroatoms. The Hall–Kier alpha value is -1.62. The zero-order chi connectivity index (χ0) is 15.2. The zero-order valence-corrected chi connectivity index (χ0v) is 12.7. The minimum Gasteiger partial charge on any atom is -0.444 e. The maximum atomic E-state index is 11.7. The molecule has 112 valence electrons. The average molecular weight is 280 g/mol. The van der Waals surface area contributed by atoms with Crippen LogP contribution in [-0.2, 0) is 4.74 Å². The molecule has 0 aliphatic carbocycles. The molecule has 1 atom stereocenters. The van der Waals surface area contributed by atoms with Gasteiger partial charge < -0.3 is 14.7 Å². The van der Waals surface area contributed by atoms with Crippen molar-refractivity contribution in [1.29, 1.82) is 0 Å². The van der Waals surface area contributed by atoms with Gasteiger partial charge in [-0.25, -0.2) is 4.79 Å². The summed E-state index contributed by atoms with van der Waals surface area (Å²) in [5.41, 5.74) is 0.313. The predicted molar refractivity (Wildman–Crippen MR) is 77.3 cm³/mol. The molecular weight excluding hydrogens is 256 g/mol. The summed E-state index contributed by atoms with van der Waals surface area (Å²) >= 11 is 0. The van der Waals surface area contributed by atoms with Crippen LogP contribution in [0.2, 0.25) is 0 Å². The molecule has 1 N–H and O–H groups in total. The van der Waals surface area contributed by atoms with Crippen LogP contribution in [0.5, 0.6) is 0 Å². The van der Waals surface area contributed by atoms with E-state index in [0.29, 0.717) is 19.4 Å². The summed E-state index contributed by atoms with van der Waals surface area (Å²) < 4.78 is 5.26. The lowest BCUT2D eigenvalue weighted by Crippen LogP contribution is -2.34. The lowest BCUT2D eigenvalue weighted by atomic mass is 10.1. The molecule has 0 saturated carbocycles. The summed E-state index contributed by atoms with van der Waals surface area (Å²) in [6, 6.07) is 3.64. The molecule has 0 spiro atoms. The third-order valence-electron chi connectivity index (χ3n) is 2.75. The first kappa shape index (κ1) is 16.4. The molecule has 0 radical (unpaired) electrons. The van der Waals surface area contributed by atoms with Crippen molar-refractivity contribution in [2.24, 2.45) is 0 Å². The Morgan fingerprint density at radius 3 is 2.75 bits per heavy atom. The third-order valence-corrected chi connectivity index (χ3v) is 2.75. The Morgan fingerprint density at radius 1 is 1.50 bits per heavy atom. The Labute approximate surface area is 120 Å². The number of carbonyl (C=O) groups is 1. The van der Waals surface area contributed by atoms with E-state index in [1.807, 2.05) is 26.8 Å². The Morgan fingerprint density at radius 2 is 2.20 bits per heavy atom. The van der Waals surface area contributed by atoms with Gasteiger partial charge in [-0.05, 0) is 45.2 Å². The second-order valence-corrected chi connectivity index (χ2v) is 5.85. The van der Waals surface area contributed by atoms with Crippen molar-refractivity contribution in [3.8, 4) is 0 Å². The number of hydrogen-bond donors (Lipinski definition) is 1. The topological polar surface area (TPSA) is 62.7 Å². The van der Waals surface area contributed by atoms with Crippen LogP contribution in [0.3, 0.4) is 0 Å².